The molecule has 2 rings (SSSR count). The molecule has 0 amide bonds. The van der Waals surface area contributed by atoms with Gasteiger partial charge in [-0.2, -0.15) is 0 Å². The summed E-state index contributed by atoms with van der Waals surface area (Å²) in [5.74, 6) is 0. The van der Waals surface area contributed by atoms with E-state index in [0.29, 0.717) is 16.0 Å². The van der Waals surface area contributed by atoms with E-state index in [2.05, 4.69) is 0 Å². The third-order valence-corrected chi connectivity index (χ3v) is 3.80. The Hall–Kier alpha value is -1.94. The van der Waals surface area contributed by atoms with Crippen LogP contribution in [0.4, 0.5) is 0 Å². The lowest BCUT2D eigenvalue weighted by atomic mass is 10.0. The Balaban J connectivity index is 2.60. The summed E-state index contributed by atoms with van der Waals surface area (Å²) in [5.41, 5.74) is 2.00. The Morgan fingerprint density at radius 3 is 2.11 bits per heavy atom. The van der Waals surface area contributed by atoms with Gasteiger partial charge in [0.05, 0.1) is 4.90 Å². The summed E-state index contributed by atoms with van der Waals surface area (Å²) in [6.45, 7) is 0. The number of carbonyl (C=O) groups is 1. The van der Waals surface area contributed by atoms with Crippen LogP contribution in [-0.2, 0) is 9.84 Å². The minimum Gasteiger partial charge on any atom is -0.298 e. The molecule has 2 aromatic carbocycles. The van der Waals surface area contributed by atoms with Crippen LogP contribution in [0.1, 0.15) is 10.4 Å². The van der Waals surface area contributed by atoms with Crippen molar-refractivity contribution in [3.63, 3.8) is 0 Å². The molecule has 0 atom stereocenters. The van der Waals surface area contributed by atoms with Crippen molar-refractivity contribution in [1.29, 1.82) is 0 Å². The van der Waals surface area contributed by atoms with Crippen molar-refractivity contribution in [2.45, 2.75) is 4.90 Å². The average Bonchev–Trinajstić information content (AvgIpc) is 2.38. The summed E-state index contributed by atoms with van der Waals surface area (Å²) >= 11 is 0. The van der Waals surface area contributed by atoms with Crippen LogP contribution in [-0.4, -0.2) is 21.0 Å². The van der Waals surface area contributed by atoms with Crippen molar-refractivity contribution in [2.24, 2.45) is 0 Å². The normalized spacial score (nSPS) is 11.2. The molecular weight excluding hydrogens is 248 g/mol. The van der Waals surface area contributed by atoms with E-state index in [1.54, 1.807) is 48.5 Å². The highest BCUT2D eigenvalue weighted by Gasteiger charge is 2.13. The fourth-order valence-corrected chi connectivity index (χ4v) is 2.68. The number of hydrogen-bond donors (Lipinski definition) is 0. The quantitative estimate of drug-likeness (QED) is 0.797. The molecule has 0 aromatic heterocycles. The van der Waals surface area contributed by atoms with Crippen LogP contribution >= 0.6 is 0 Å². The molecule has 0 radical (unpaired) electrons. The molecule has 3 nitrogen and oxygen atoms in total. The van der Waals surface area contributed by atoms with Crippen LogP contribution in [0.5, 0.6) is 0 Å². The standard InChI is InChI=1S/C14H12O3S/c1-18(16,17)14-5-3-2-4-13(14)12-8-6-11(10-15)7-9-12/h2-10H,1H3. The molecule has 0 spiro atoms. The fraction of sp³-hybridized carbons (Fsp3) is 0.0714. The molecule has 4 heteroatoms. The summed E-state index contributed by atoms with van der Waals surface area (Å²) in [7, 11) is -3.27. The zero-order valence-electron chi connectivity index (χ0n) is 9.83. The first kappa shape index (κ1) is 12.5. The molecule has 0 saturated heterocycles. The van der Waals surface area contributed by atoms with E-state index in [1.807, 2.05) is 0 Å². The Morgan fingerprint density at radius 1 is 0.944 bits per heavy atom. The fourth-order valence-electron chi connectivity index (χ4n) is 1.77. The van der Waals surface area contributed by atoms with Crippen molar-refractivity contribution >= 4 is 16.1 Å². The first-order valence-electron chi connectivity index (χ1n) is 5.37. The van der Waals surface area contributed by atoms with Gasteiger partial charge in [0, 0.05) is 17.4 Å². The summed E-state index contributed by atoms with van der Waals surface area (Å²) in [4.78, 5) is 10.9. The molecule has 0 bridgehead atoms. The smallest absolute Gasteiger partial charge is 0.176 e. The first-order valence-corrected chi connectivity index (χ1v) is 7.26. The Labute approximate surface area is 106 Å². The summed E-state index contributed by atoms with van der Waals surface area (Å²) in [6, 6.07) is 13.6. The molecular formula is C14H12O3S. The third-order valence-electron chi connectivity index (χ3n) is 2.64. The van der Waals surface area contributed by atoms with E-state index >= 15 is 0 Å². The average molecular weight is 260 g/mol. The molecule has 18 heavy (non-hydrogen) atoms. The minimum absolute atomic E-state index is 0.295. The van der Waals surface area contributed by atoms with Crippen LogP contribution < -0.4 is 0 Å². The topological polar surface area (TPSA) is 51.2 Å². The summed E-state index contributed by atoms with van der Waals surface area (Å²) in [5, 5.41) is 0. The zero-order valence-corrected chi connectivity index (χ0v) is 10.6. The van der Waals surface area contributed by atoms with Crippen molar-refractivity contribution in [3.8, 4) is 11.1 Å². The zero-order chi connectivity index (χ0) is 13.2. The number of benzene rings is 2. The van der Waals surface area contributed by atoms with E-state index in [4.69, 9.17) is 0 Å². The van der Waals surface area contributed by atoms with Gasteiger partial charge in [0.1, 0.15) is 6.29 Å². The van der Waals surface area contributed by atoms with Crippen LogP contribution in [0.25, 0.3) is 11.1 Å². The van der Waals surface area contributed by atoms with Crippen LogP contribution in [0.3, 0.4) is 0 Å². The predicted molar refractivity (Wildman–Crippen MR) is 70.4 cm³/mol. The highest BCUT2D eigenvalue weighted by Crippen LogP contribution is 2.27. The molecule has 0 fully saturated rings. The van der Waals surface area contributed by atoms with E-state index in [0.717, 1.165) is 11.8 Å². The van der Waals surface area contributed by atoms with E-state index < -0.39 is 9.84 Å². The number of rotatable bonds is 3. The predicted octanol–water partition coefficient (Wildman–Crippen LogP) is 2.57. The largest absolute Gasteiger partial charge is 0.298 e. The second-order valence-electron chi connectivity index (χ2n) is 4.01. The molecule has 0 heterocycles. The SMILES string of the molecule is CS(=O)(=O)c1ccccc1-c1ccc(C=O)cc1. The molecule has 92 valence electrons. The Bertz CT molecular complexity index is 670. The molecule has 0 unspecified atom stereocenters. The minimum atomic E-state index is -3.27. The molecule has 0 aliphatic heterocycles. The second-order valence-corrected chi connectivity index (χ2v) is 5.99. The summed E-state index contributed by atoms with van der Waals surface area (Å²) in [6.07, 6.45) is 1.94. The number of hydrogen-bond acceptors (Lipinski definition) is 3. The van der Waals surface area contributed by atoms with Gasteiger partial charge in [-0.15, -0.1) is 0 Å². The van der Waals surface area contributed by atoms with E-state index in [9.17, 15) is 13.2 Å². The van der Waals surface area contributed by atoms with Gasteiger partial charge in [0.25, 0.3) is 0 Å². The van der Waals surface area contributed by atoms with Gasteiger partial charge >= 0.3 is 0 Å². The van der Waals surface area contributed by atoms with Crippen molar-refractivity contribution < 1.29 is 13.2 Å². The molecule has 0 aliphatic rings. The number of aldehydes is 1. The lowest BCUT2D eigenvalue weighted by molar-refractivity contribution is 0.112. The molecule has 2 aromatic rings. The second kappa shape index (κ2) is 4.74. The number of carbonyl (C=O) groups excluding carboxylic acids is 1. The maximum atomic E-state index is 11.7. The van der Waals surface area contributed by atoms with Gasteiger partial charge in [-0.05, 0) is 11.6 Å². The maximum absolute atomic E-state index is 11.7. The van der Waals surface area contributed by atoms with Crippen molar-refractivity contribution in [3.05, 3.63) is 54.1 Å². The van der Waals surface area contributed by atoms with Gasteiger partial charge in [0.2, 0.25) is 0 Å². The van der Waals surface area contributed by atoms with Crippen LogP contribution in [0, 0.1) is 0 Å². The summed E-state index contributed by atoms with van der Waals surface area (Å²) < 4.78 is 23.4. The van der Waals surface area contributed by atoms with Crippen molar-refractivity contribution in [1.82, 2.24) is 0 Å². The number of sulfone groups is 1. The lowest BCUT2D eigenvalue weighted by Gasteiger charge is -2.07. The van der Waals surface area contributed by atoms with Crippen LogP contribution in [0.2, 0.25) is 0 Å². The molecule has 0 aliphatic carbocycles. The van der Waals surface area contributed by atoms with Gasteiger partial charge < -0.3 is 0 Å². The third kappa shape index (κ3) is 2.49. The highest BCUT2D eigenvalue weighted by atomic mass is 32.2. The van der Waals surface area contributed by atoms with Crippen LogP contribution in [0.15, 0.2) is 53.4 Å². The first-order chi connectivity index (χ1) is 8.52. The Kier molecular flexibility index (Phi) is 3.30. The van der Waals surface area contributed by atoms with Crippen molar-refractivity contribution in [2.75, 3.05) is 6.26 Å². The van der Waals surface area contributed by atoms with E-state index in [-0.39, 0.29) is 0 Å². The van der Waals surface area contributed by atoms with Gasteiger partial charge in [0.15, 0.2) is 9.84 Å². The van der Waals surface area contributed by atoms with Gasteiger partial charge in [-0.1, -0.05) is 42.5 Å². The highest BCUT2D eigenvalue weighted by molar-refractivity contribution is 7.90. The monoisotopic (exact) mass is 260 g/mol. The lowest BCUT2D eigenvalue weighted by Crippen LogP contribution is -1.99. The van der Waals surface area contributed by atoms with E-state index in [1.165, 1.54) is 6.26 Å². The Morgan fingerprint density at radius 2 is 1.56 bits per heavy atom. The maximum Gasteiger partial charge on any atom is 0.176 e. The molecule has 0 N–H and O–H groups in total. The van der Waals surface area contributed by atoms with Gasteiger partial charge in [-0.25, -0.2) is 8.42 Å². The van der Waals surface area contributed by atoms with Gasteiger partial charge in [-0.3, -0.25) is 4.79 Å². The molecule has 0 saturated carbocycles.